The molecule has 1 aromatic carbocycles. The smallest absolute Gasteiger partial charge is 0.128 e. The summed E-state index contributed by atoms with van der Waals surface area (Å²) in [5.74, 6) is 0.780. The molecular weight excluding hydrogens is 326 g/mol. The van der Waals surface area contributed by atoms with Gasteiger partial charge in [-0.3, -0.25) is 0 Å². The first kappa shape index (κ1) is 22.3. The fraction of sp³-hybridized carbons (Fsp3) is 0.682. The van der Waals surface area contributed by atoms with E-state index in [0.29, 0.717) is 30.1 Å². The van der Waals surface area contributed by atoms with Crippen molar-refractivity contribution >= 4 is 5.71 Å². The van der Waals surface area contributed by atoms with E-state index in [1.54, 1.807) is 12.1 Å². The first-order chi connectivity index (χ1) is 12.7. The van der Waals surface area contributed by atoms with Crippen LogP contribution in [0.2, 0.25) is 0 Å². The number of unbranched alkanes of at least 4 members (excludes halogenated alkanes) is 9. The minimum Gasteiger partial charge on any atom is -0.507 e. The number of hydrogen-bond acceptors (Lipinski definition) is 4. The van der Waals surface area contributed by atoms with Crippen LogP contribution in [0.1, 0.15) is 96.5 Å². The average molecular weight is 364 g/mol. The number of benzene rings is 1. The standard InChI is InChI=1S/C22H37NO3/c1-3-5-7-8-9-10-11-13-17-26-19-15-16-20(22(24)18-19)21(23-25)14-12-6-4-2/h15-16,18,24-25H,3-14,17H2,1-2H3/b23-21+. The SMILES string of the molecule is CCCCCCCCCCOc1ccc(/C(CCCCC)=N/O)c(O)c1. The summed E-state index contributed by atoms with van der Waals surface area (Å²) in [6.45, 7) is 5.04. The Balaban J connectivity index is 2.31. The molecule has 0 amide bonds. The lowest BCUT2D eigenvalue weighted by Gasteiger charge is -2.10. The van der Waals surface area contributed by atoms with Crippen molar-refractivity contribution in [2.75, 3.05) is 6.61 Å². The number of oxime groups is 1. The van der Waals surface area contributed by atoms with Gasteiger partial charge in [-0.05, 0) is 31.4 Å². The van der Waals surface area contributed by atoms with Crippen molar-refractivity contribution < 1.29 is 15.1 Å². The van der Waals surface area contributed by atoms with Crippen LogP contribution >= 0.6 is 0 Å². The summed E-state index contributed by atoms with van der Waals surface area (Å²) in [6.07, 6.45) is 14.0. The molecule has 0 aliphatic carbocycles. The van der Waals surface area contributed by atoms with Crippen molar-refractivity contribution in [2.45, 2.75) is 90.9 Å². The lowest BCUT2D eigenvalue weighted by Crippen LogP contribution is -2.03. The Morgan fingerprint density at radius 2 is 1.50 bits per heavy atom. The molecule has 0 saturated carbocycles. The van der Waals surface area contributed by atoms with Crippen LogP contribution in [0.15, 0.2) is 23.4 Å². The summed E-state index contributed by atoms with van der Waals surface area (Å²) < 4.78 is 5.74. The third-order valence-corrected chi connectivity index (χ3v) is 4.68. The summed E-state index contributed by atoms with van der Waals surface area (Å²) in [4.78, 5) is 0. The van der Waals surface area contributed by atoms with Crippen LogP contribution in [0.5, 0.6) is 11.5 Å². The van der Waals surface area contributed by atoms with Gasteiger partial charge >= 0.3 is 0 Å². The summed E-state index contributed by atoms with van der Waals surface area (Å²) in [5.41, 5.74) is 1.12. The number of ether oxygens (including phenoxy) is 1. The minimum atomic E-state index is 0.114. The van der Waals surface area contributed by atoms with Gasteiger partial charge in [0.05, 0.1) is 12.3 Å². The van der Waals surface area contributed by atoms with Crippen molar-refractivity contribution in [2.24, 2.45) is 5.16 Å². The van der Waals surface area contributed by atoms with Gasteiger partial charge in [-0.15, -0.1) is 0 Å². The maximum atomic E-state index is 10.2. The van der Waals surface area contributed by atoms with Gasteiger partial charge in [-0.2, -0.15) is 0 Å². The third kappa shape index (κ3) is 9.12. The van der Waals surface area contributed by atoms with E-state index in [2.05, 4.69) is 19.0 Å². The molecule has 4 heteroatoms. The topological polar surface area (TPSA) is 62.0 Å². The number of phenols is 1. The molecule has 2 N–H and O–H groups in total. The zero-order chi connectivity index (χ0) is 19.0. The summed E-state index contributed by atoms with van der Waals surface area (Å²) in [5, 5.41) is 22.8. The number of phenolic OH excluding ortho intramolecular Hbond substituents is 1. The van der Waals surface area contributed by atoms with Gasteiger partial charge in [0.15, 0.2) is 0 Å². The van der Waals surface area contributed by atoms with Gasteiger partial charge < -0.3 is 15.1 Å². The van der Waals surface area contributed by atoms with E-state index in [9.17, 15) is 10.3 Å². The molecule has 0 bridgehead atoms. The van der Waals surface area contributed by atoms with E-state index in [4.69, 9.17) is 4.74 Å². The molecule has 148 valence electrons. The van der Waals surface area contributed by atoms with Crippen molar-refractivity contribution in [3.63, 3.8) is 0 Å². The first-order valence-electron chi connectivity index (χ1n) is 10.4. The Labute approximate surface area is 159 Å². The molecule has 0 saturated heterocycles. The van der Waals surface area contributed by atoms with E-state index in [-0.39, 0.29) is 5.75 Å². The molecule has 0 spiro atoms. The summed E-state index contributed by atoms with van der Waals surface area (Å²) >= 11 is 0. The molecule has 0 aliphatic rings. The molecule has 1 aromatic rings. The second kappa shape index (κ2) is 14.5. The molecule has 1 rings (SSSR count). The number of rotatable bonds is 15. The molecule has 0 atom stereocenters. The van der Waals surface area contributed by atoms with Crippen LogP contribution in [-0.2, 0) is 0 Å². The van der Waals surface area contributed by atoms with E-state index in [1.165, 1.54) is 44.9 Å². The van der Waals surface area contributed by atoms with Crippen molar-refractivity contribution in [1.82, 2.24) is 0 Å². The normalized spacial score (nSPS) is 11.7. The maximum Gasteiger partial charge on any atom is 0.128 e. The van der Waals surface area contributed by atoms with E-state index in [0.717, 1.165) is 25.7 Å². The first-order valence-corrected chi connectivity index (χ1v) is 10.4. The van der Waals surface area contributed by atoms with Crippen molar-refractivity contribution in [3.05, 3.63) is 23.8 Å². The number of aromatic hydroxyl groups is 1. The van der Waals surface area contributed by atoms with Crippen LogP contribution in [0, 0.1) is 0 Å². The Bertz CT molecular complexity index is 514. The van der Waals surface area contributed by atoms with Crippen LogP contribution < -0.4 is 4.74 Å². The van der Waals surface area contributed by atoms with Gasteiger partial charge in [0.25, 0.3) is 0 Å². The van der Waals surface area contributed by atoms with Gasteiger partial charge in [-0.25, -0.2) is 0 Å². The van der Waals surface area contributed by atoms with E-state index >= 15 is 0 Å². The van der Waals surface area contributed by atoms with Gasteiger partial charge in [-0.1, -0.05) is 76.8 Å². The Morgan fingerprint density at radius 1 is 0.885 bits per heavy atom. The highest BCUT2D eigenvalue weighted by Crippen LogP contribution is 2.26. The van der Waals surface area contributed by atoms with Crippen LogP contribution in [-0.4, -0.2) is 22.6 Å². The highest BCUT2D eigenvalue weighted by Gasteiger charge is 2.11. The molecule has 0 fully saturated rings. The predicted molar refractivity (Wildman–Crippen MR) is 109 cm³/mol. The average Bonchev–Trinajstić information content (AvgIpc) is 2.65. The quantitative estimate of drug-likeness (QED) is 0.158. The van der Waals surface area contributed by atoms with Crippen molar-refractivity contribution in [1.29, 1.82) is 0 Å². The zero-order valence-electron chi connectivity index (χ0n) is 16.7. The van der Waals surface area contributed by atoms with Crippen LogP contribution in [0.25, 0.3) is 0 Å². The second-order valence-electron chi connectivity index (χ2n) is 7.01. The fourth-order valence-electron chi connectivity index (χ4n) is 3.05. The van der Waals surface area contributed by atoms with Crippen LogP contribution in [0.3, 0.4) is 0 Å². The number of hydrogen-bond donors (Lipinski definition) is 2. The molecule has 0 unspecified atom stereocenters. The Hall–Kier alpha value is -1.71. The van der Waals surface area contributed by atoms with E-state index in [1.807, 2.05) is 6.07 Å². The number of nitrogens with zero attached hydrogens (tertiary/aromatic N) is 1. The lowest BCUT2D eigenvalue weighted by atomic mass is 10.0. The molecule has 0 heterocycles. The Kier molecular flexibility index (Phi) is 12.4. The fourth-order valence-corrected chi connectivity index (χ4v) is 3.05. The highest BCUT2D eigenvalue weighted by atomic mass is 16.5. The maximum absolute atomic E-state index is 10.2. The highest BCUT2D eigenvalue weighted by molar-refractivity contribution is 6.02. The molecule has 0 aliphatic heterocycles. The van der Waals surface area contributed by atoms with Crippen molar-refractivity contribution in [3.8, 4) is 11.5 Å². The predicted octanol–water partition coefficient (Wildman–Crippen LogP) is 6.67. The largest absolute Gasteiger partial charge is 0.507 e. The molecule has 0 radical (unpaired) electrons. The summed E-state index contributed by atoms with van der Waals surface area (Å²) in [7, 11) is 0. The minimum absolute atomic E-state index is 0.114. The Morgan fingerprint density at radius 3 is 2.12 bits per heavy atom. The summed E-state index contributed by atoms with van der Waals surface area (Å²) in [6, 6.07) is 5.23. The van der Waals surface area contributed by atoms with Crippen LogP contribution in [0.4, 0.5) is 0 Å². The third-order valence-electron chi connectivity index (χ3n) is 4.68. The monoisotopic (exact) mass is 363 g/mol. The second-order valence-corrected chi connectivity index (χ2v) is 7.01. The van der Waals surface area contributed by atoms with Gasteiger partial charge in [0.1, 0.15) is 11.5 Å². The lowest BCUT2D eigenvalue weighted by molar-refractivity contribution is 0.302. The molecule has 4 nitrogen and oxygen atoms in total. The molecular formula is C22H37NO3. The molecule has 26 heavy (non-hydrogen) atoms. The van der Waals surface area contributed by atoms with Gasteiger partial charge in [0.2, 0.25) is 0 Å². The zero-order valence-corrected chi connectivity index (χ0v) is 16.7. The van der Waals surface area contributed by atoms with Gasteiger partial charge in [0, 0.05) is 11.6 Å². The van der Waals surface area contributed by atoms with E-state index < -0.39 is 0 Å². The molecule has 0 aromatic heterocycles.